The van der Waals surface area contributed by atoms with Crippen molar-refractivity contribution in [3.63, 3.8) is 0 Å². The fraction of sp³-hybridized carbons (Fsp3) is 0.485. The molecule has 2 aromatic carbocycles. The highest BCUT2D eigenvalue weighted by Crippen LogP contribution is 2.43. The minimum Gasteiger partial charge on any atom is -0.446 e. The summed E-state index contributed by atoms with van der Waals surface area (Å²) in [7, 11) is 2.06. The van der Waals surface area contributed by atoms with Crippen LogP contribution in [-0.4, -0.2) is 77.6 Å². The molecule has 222 valence electrons. The van der Waals surface area contributed by atoms with Gasteiger partial charge in [-0.2, -0.15) is 0 Å². The van der Waals surface area contributed by atoms with Crippen LogP contribution in [-0.2, 0) is 11.2 Å². The summed E-state index contributed by atoms with van der Waals surface area (Å²) in [6, 6.07) is 13.9. The molecule has 42 heavy (non-hydrogen) atoms. The number of hydrogen-bond donors (Lipinski definition) is 2. The van der Waals surface area contributed by atoms with Gasteiger partial charge in [-0.05, 0) is 68.3 Å². The van der Waals surface area contributed by atoms with Gasteiger partial charge in [0.15, 0.2) is 0 Å². The van der Waals surface area contributed by atoms with Crippen molar-refractivity contribution in [3.05, 3.63) is 53.7 Å². The molecular weight excluding hydrogens is 530 g/mol. The normalized spacial score (nSPS) is 22.5. The molecular formula is C33H41N5O4. The van der Waals surface area contributed by atoms with Crippen LogP contribution >= 0.6 is 0 Å². The Kier molecular flexibility index (Phi) is 7.47. The van der Waals surface area contributed by atoms with Crippen LogP contribution < -0.4 is 11.1 Å². The molecule has 3 heterocycles. The molecule has 3 aromatic rings. The second-order valence-electron chi connectivity index (χ2n) is 13.0. The number of nitrogens with two attached hydrogens (primary N) is 1. The number of fused-ring (bicyclic) bond motifs is 3. The number of likely N-dealkylation sites (N-methyl/N-ethyl adjacent to an activating group) is 1. The Bertz CT molecular complexity index is 1530. The van der Waals surface area contributed by atoms with Gasteiger partial charge in [0.2, 0.25) is 5.91 Å². The van der Waals surface area contributed by atoms with E-state index in [1.54, 1.807) is 11.0 Å². The number of para-hydroxylation sites is 1. The zero-order chi connectivity index (χ0) is 29.6. The van der Waals surface area contributed by atoms with E-state index in [0.29, 0.717) is 30.8 Å². The van der Waals surface area contributed by atoms with E-state index in [4.69, 9.17) is 10.5 Å². The van der Waals surface area contributed by atoms with E-state index in [1.807, 2.05) is 34.9 Å². The number of carbonyl (C=O) groups excluding carboxylic acids is 3. The lowest BCUT2D eigenvalue weighted by Gasteiger charge is -2.34. The Morgan fingerprint density at radius 2 is 1.69 bits per heavy atom. The molecule has 0 spiro atoms. The third-order valence-corrected chi connectivity index (χ3v) is 9.13. The van der Waals surface area contributed by atoms with Crippen molar-refractivity contribution in [1.82, 2.24) is 14.4 Å². The zero-order valence-corrected chi connectivity index (χ0v) is 24.8. The van der Waals surface area contributed by atoms with Crippen LogP contribution in [0.15, 0.2) is 42.5 Å². The van der Waals surface area contributed by atoms with E-state index in [1.165, 1.54) is 0 Å². The number of piperazine rings is 1. The first kappa shape index (κ1) is 28.3. The molecule has 9 nitrogen and oxygen atoms in total. The molecule has 1 aromatic heterocycles. The van der Waals surface area contributed by atoms with Crippen LogP contribution in [0.2, 0.25) is 0 Å². The van der Waals surface area contributed by atoms with Gasteiger partial charge in [-0.3, -0.25) is 14.2 Å². The molecule has 0 bridgehead atoms. The number of benzene rings is 2. The summed E-state index contributed by atoms with van der Waals surface area (Å²) >= 11 is 0. The van der Waals surface area contributed by atoms with Crippen LogP contribution in [0.5, 0.6) is 0 Å². The number of carbonyl (C=O) groups is 3. The lowest BCUT2D eigenvalue weighted by Crippen LogP contribution is -2.48. The number of primary amides is 1. The number of aromatic nitrogens is 1. The van der Waals surface area contributed by atoms with Gasteiger partial charge in [0.25, 0.3) is 5.91 Å². The van der Waals surface area contributed by atoms with E-state index in [9.17, 15) is 14.4 Å². The average Bonchev–Trinajstić information content (AvgIpc) is 3.27. The van der Waals surface area contributed by atoms with Gasteiger partial charge in [-0.1, -0.05) is 38.1 Å². The highest BCUT2D eigenvalue weighted by Gasteiger charge is 2.35. The number of hydrogen-bond acceptors (Lipinski definition) is 6. The second-order valence-corrected chi connectivity index (χ2v) is 13.0. The minimum atomic E-state index is -0.487. The molecule has 0 atom stereocenters. The maximum atomic E-state index is 13.3. The lowest BCUT2D eigenvalue weighted by molar-refractivity contribution is 0.0340. The molecule has 6 rings (SSSR count). The van der Waals surface area contributed by atoms with E-state index in [-0.39, 0.29) is 29.6 Å². The van der Waals surface area contributed by atoms with Gasteiger partial charge < -0.3 is 25.6 Å². The summed E-state index contributed by atoms with van der Waals surface area (Å²) in [6.07, 6.45) is 4.12. The van der Waals surface area contributed by atoms with Crippen LogP contribution in [0.1, 0.15) is 66.8 Å². The minimum absolute atomic E-state index is 0.0997. The molecule has 2 fully saturated rings. The molecule has 0 unspecified atom stereocenters. The number of ether oxygens (including phenoxy) is 1. The second kappa shape index (κ2) is 11.1. The Balaban J connectivity index is 1.23. The standard InChI is InChI=1S/C33H41N5O4/c1-33(2)19-28-30(25-6-4-5-7-27(25)38(28)29(39)20-33)21-8-13-24(31(34)40)26(18-21)35-22-9-11-23(12-10-22)42-32(41)37-16-14-36(3)15-17-37/h4-8,13,18,22-23,35H,9-12,14-17,19-20H2,1-3H3,(H2,34,40). The number of anilines is 1. The molecule has 0 radical (unpaired) electrons. The van der Waals surface area contributed by atoms with Gasteiger partial charge in [0, 0.05) is 61.0 Å². The topological polar surface area (TPSA) is 110 Å². The highest BCUT2D eigenvalue weighted by molar-refractivity contribution is 6.06. The van der Waals surface area contributed by atoms with Gasteiger partial charge >= 0.3 is 6.09 Å². The summed E-state index contributed by atoms with van der Waals surface area (Å²) in [5.41, 5.74) is 10.7. The summed E-state index contributed by atoms with van der Waals surface area (Å²) in [4.78, 5) is 42.4. The molecule has 3 aliphatic rings. The summed E-state index contributed by atoms with van der Waals surface area (Å²) < 4.78 is 7.74. The van der Waals surface area contributed by atoms with E-state index in [2.05, 4.69) is 37.2 Å². The summed E-state index contributed by atoms with van der Waals surface area (Å²) in [5, 5.41) is 4.62. The maximum absolute atomic E-state index is 13.3. The van der Waals surface area contributed by atoms with Crippen molar-refractivity contribution in [2.45, 2.75) is 64.5 Å². The number of amides is 2. The fourth-order valence-corrected chi connectivity index (χ4v) is 6.86. The van der Waals surface area contributed by atoms with Crippen molar-refractivity contribution in [3.8, 4) is 11.1 Å². The van der Waals surface area contributed by atoms with Crippen LogP contribution in [0.25, 0.3) is 22.0 Å². The van der Waals surface area contributed by atoms with Crippen molar-refractivity contribution < 1.29 is 19.1 Å². The monoisotopic (exact) mass is 571 g/mol. The third-order valence-electron chi connectivity index (χ3n) is 9.13. The Morgan fingerprint density at radius 1 is 0.976 bits per heavy atom. The van der Waals surface area contributed by atoms with Gasteiger partial charge in [0.1, 0.15) is 6.10 Å². The quantitative estimate of drug-likeness (QED) is 0.440. The van der Waals surface area contributed by atoms with Crippen molar-refractivity contribution >= 4 is 34.5 Å². The third kappa shape index (κ3) is 5.50. The van der Waals surface area contributed by atoms with Gasteiger partial charge in [0.05, 0.1) is 11.1 Å². The largest absolute Gasteiger partial charge is 0.446 e. The zero-order valence-electron chi connectivity index (χ0n) is 24.8. The molecule has 1 saturated carbocycles. The lowest BCUT2D eigenvalue weighted by atomic mass is 9.80. The first-order chi connectivity index (χ1) is 20.1. The fourth-order valence-electron chi connectivity index (χ4n) is 6.86. The molecule has 3 N–H and O–H groups in total. The van der Waals surface area contributed by atoms with Gasteiger partial charge in [-0.15, -0.1) is 0 Å². The van der Waals surface area contributed by atoms with Crippen molar-refractivity contribution in [1.29, 1.82) is 0 Å². The smallest absolute Gasteiger partial charge is 0.410 e. The molecule has 9 heteroatoms. The van der Waals surface area contributed by atoms with Gasteiger partial charge in [-0.25, -0.2) is 4.79 Å². The van der Waals surface area contributed by atoms with E-state index >= 15 is 0 Å². The number of rotatable bonds is 5. The molecule has 2 aliphatic heterocycles. The molecule has 1 saturated heterocycles. The van der Waals surface area contributed by atoms with Crippen LogP contribution in [0.3, 0.4) is 0 Å². The summed E-state index contributed by atoms with van der Waals surface area (Å²) in [5.74, 6) is -0.375. The maximum Gasteiger partial charge on any atom is 0.410 e. The van der Waals surface area contributed by atoms with Crippen LogP contribution in [0.4, 0.5) is 10.5 Å². The number of nitrogens with one attached hydrogen (secondary N) is 1. The van der Waals surface area contributed by atoms with E-state index < -0.39 is 5.91 Å². The Hall–Kier alpha value is -3.85. The predicted octanol–water partition coefficient (Wildman–Crippen LogP) is 5.13. The average molecular weight is 572 g/mol. The van der Waals surface area contributed by atoms with Crippen LogP contribution in [0, 0.1) is 5.41 Å². The number of nitrogens with zero attached hydrogens (tertiary/aromatic N) is 3. The summed E-state index contributed by atoms with van der Waals surface area (Å²) in [6.45, 7) is 7.40. The van der Waals surface area contributed by atoms with E-state index in [0.717, 1.165) is 72.9 Å². The van der Waals surface area contributed by atoms with Crippen molar-refractivity contribution in [2.24, 2.45) is 11.1 Å². The first-order valence-electron chi connectivity index (χ1n) is 15.1. The molecule has 1 aliphatic carbocycles. The predicted molar refractivity (Wildman–Crippen MR) is 164 cm³/mol. The SMILES string of the molecule is CN1CCN(C(=O)OC2CCC(Nc3cc(-c4c5n(c6ccccc46)C(=O)CC(C)(C)C5)ccc3C(N)=O)CC2)CC1. The van der Waals surface area contributed by atoms with Crippen molar-refractivity contribution in [2.75, 3.05) is 38.5 Å². The first-order valence-corrected chi connectivity index (χ1v) is 15.1. The Labute approximate surface area is 247 Å². The highest BCUT2D eigenvalue weighted by atomic mass is 16.6. The molecule has 2 amide bonds. The Morgan fingerprint density at radius 3 is 2.40 bits per heavy atom.